The second kappa shape index (κ2) is 9.19. The molecule has 0 aliphatic rings. The second-order valence-corrected chi connectivity index (χ2v) is 5.12. The van der Waals surface area contributed by atoms with Crippen molar-refractivity contribution in [2.24, 2.45) is 11.7 Å². The third-order valence-corrected chi connectivity index (χ3v) is 3.25. The average molecular weight is 361 g/mol. The van der Waals surface area contributed by atoms with Crippen LogP contribution >= 0.6 is 12.4 Å². The number of hydrogen-bond acceptors (Lipinski definition) is 4. The number of carbonyl (C=O) groups is 1. The molecule has 0 aliphatic carbocycles. The van der Waals surface area contributed by atoms with Crippen LogP contribution in [0.4, 0.5) is 8.78 Å². The van der Waals surface area contributed by atoms with Crippen LogP contribution in [0.3, 0.4) is 0 Å². The molecule has 0 aliphatic heterocycles. The van der Waals surface area contributed by atoms with Crippen molar-refractivity contribution in [1.29, 1.82) is 0 Å². The van der Waals surface area contributed by atoms with E-state index in [-0.39, 0.29) is 30.0 Å². The van der Waals surface area contributed by atoms with Crippen molar-refractivity contribution in [3.05, 3.63) is 36.0 Å². The van der Waals surface area contributed by atoms with Crippen molar-refractivity contribution in [3.63, 3.8) is 0 Å². The van der Waals surface area contributed by atoms with Crippen LogP contribution < -0.4 is 15.8 Å². The molecule has 0 fully saturated rings. The highest BCUT2D eigenvalue weighted by atomic mass is 35.5. The minimum absolute atomic E-state index is 0. The number of rotatable bonds is 7. The van der Waals surface area contributed by atoms with Gasteiger partial charge in [0.1, 0.15) is 5.75 Å². The van der Waals surface area contributed by atoms with Gasteiger partial charge in [-0.3, -0.25) is 9.89 Å². The molecule has 0 bridgehead atoms. The van der Waals surface area contributed by atoms with Crippen molar-refractivity contribution in [2.45, 2.75) is 13.5 Å². The maximum absolute atomic E-state index is 12.3. The zero-order valence-electron chi connectivity index (χ0n) is 13.0. The van der Waals surface area contributed by atoms with Gasteiger partial charge in [-0.15, -0.1) is 12.4 Å². The lowest BCUT2D eigenvalue weighted by Crippen LogP contribution is -2.31. The first-order valence-corrected chi connectivity index (χ1v) is 7.08. The van der Waals surface area contributed by atoms with E-state index in [2.05, 4.69) is 20.3 Å². The first-order valence-electron chi connectivity index (χ1n) is 7.08. The van der Waals surface area contributed by atoms with Crippen LogP contribution in [0.25, 0.3) is 11.3 Å². The van der Waals surface area contributed by atoms with Gasteiger partial charge >= 0.3 is 6.61 Å². The van der Waals surface area contributed by atoms with Crippen molar-refractivity contribution in [3.8, 4) is 17.0 Å². The smallest absolute Gasteiger partial charge is 0.387 e. The summed E-state index contributed by atoms with van der Waals surface area (Å²) in [6.45, 7) is -0.0885. The third-order valence-electron chi connectivity index (χ3n) is 3.25. The van der Waals surface area contributed by atoms with Crippen LogP contribution in [-0.2, 0) is 0 Å². The van der Waals surface area contributed by atoms with E-state index in [9.17, 15) is 13.6 Å². The molecule has 1 heterocycles. The molecule has 1 unspecified atom stereocenters. The Bertz CT molecular complexity index is 666. The Labute approximate surface area is 144 Å². The minimum Gasteiger partial charge on any atom is -0.435 e. The quantitative estimate of drug-likeness (QED) is 0.707. The summed E-state index contributed by atoms with van der Waals surface area (Å²) in [6, 6.07) is 6.06. The van der Waals surface area contributed by atoms with E-state index in [1.54, 1.807) is 12.1 Å². The zero-order valence-corrected chi connectivity index (χ0v) is 13.8. The van der Waals surface area contributed by atoms with Gasteiger partial charge < -0.3 is 15.8 Å². The van der Waals surface area contributed by atoms with Crippen molar-refractivity contribution in [2.75, 3.05) is 13.1 Å². The summed E-state index contributed by atoms with van der Waals surface area (Å²) in [5.41, 5.74) is 6.79. The van der Waals surface area contributed by atoms with Gasteiger partial charge in [0.05, 0.1) is 17.5 Å². The summed E-state index contributed by atoms with van der Waals surface area (Å²) >= 11 is 0. The predicted molar refractivity (Wildman–Crippen MR) is 88.5 cm³/mol. The number of nitrogens with zero attached hydrogens (tertiary/aromatic N) is 1. The van der Waals surface area contributed by atoms with Gasteiger partial charge in [0, 0.05) is 12.1 Å². The lowest BCUT2D eigenvalue weighted by atomic mass is 10.1. The molecule has 1 aromatic carbocycles. The van der Waals surface area contributed by atoms with Crippen LogP contribution in [-0.4, -0.2) is 35.8 Å². The molecule has 24 heavy (non-hydrogen) atoms. The molecule has 6 nitrogen and oxygen atoms in total. The number of aromatic nitrogens is 2. The van der Waals surface area contributed by atoms with E-state index in [0.29, 0.717) is 29.9 Å². The van der Waals surface area contributed by atoms with E-state index >= 15 is 0 Å². The fourth-order valence-electron chi connectivity index (χ4n) is 1.95. The molecule has 132 valence electrons. The molecule has 0 radical (unpaired) electrons. The molecule has 9 heteroatoms. The molecule has 1 aromatic heterocycles. The minimum atomic E-state index is -2.91. The van der Waals surface area contributed by atoms with Gasteiger partial charge in [-0.2, -0.15) is 13.9 Å². The molecule has 4 N–H and O–H groups in total. The number of H-pyrrole nitrogens is 1. The summed E-state index contributed by atoms with van der Waals surface area (Å²) < 4.78 is 29.0. The number of benzene rings is 1. The van der Waals surface area contributed by atoms with E-state index in [1.165, 1.54) is 18.3 Å². The van der Waals surface area contributed by atoms with Gasteiger partial charge in [0.15, 0.2) is 0 Å². The standard InChI is InChI=1S/C15H18F2N4O2.ClH/c1-9(6-18)7-19-14(22)12-8-20-21-13(12)10-3-2-4-11(5-10)23-15(16)17;/h2-5,8-9,15H,6-7,18H2,1H3,(H,19,22)(H,20,21);1H. The van der Waals surface area contributed by atoms with E-state index in [0.717, 1.165) is 0 Å². The van der Waals surface area contributed by atoms with Crippen molar-refractivity contribution < 1.29 is 18.3 Å². The number of alkyl halides is 2. The van der Waals surface area contributed by atoms with Gasteiger partial charge in [-0.05, 0) is 24.6 Å². The van der Waals surface area contributed by atoms with E-state index in [4.69, 9.17) is 5.73 Å². The molecule has 2 rings (SSSR count). The Morgan fingerprint density at radius 3 is 2.88 bits per heavy atom. The lowest BCUT2D eigenvalue weighted by Gasteiger charge is -2.10. The molecular weight excluding hydrogens is 342 g/mol. The number of nitrogens with two attached hydrogens (primary N) is 1. The number of ether oxygens (including phenoxy) is 1. The fraction of sp³-hybridized carbons (Fsp3) is 0.333. The van der Waals surface area contributed by atoms with Gasteiger partial charge in [0.2, 0.25) is 0 Å². The van der Waals surface area contributed by atoms with E-state index < -0.39 is 6.61 Å². The normalized spacial score (nSPS) is 11.7. The largest absolute Gasteiger partial charge is 0.435 e. The number of hydrogen-bond donors (Lipinski definition) is 3. The summed E-state index contributed by atoms with van der Waals surface area (Å²) in [6.07, 6.45) is 1.39. The zero-order chi connectivity index (χ0) is 16.8. The lowest BCUT2D eigenvalue weighted by molar-refractivity contribution is -0.0498. The number of carbonyl (C=O) groups excluding carboxylic acids is 1. The summed E-state index contributed by atoms with van der Waals surface area (Å²) in [5, 5.41) is 9.33. The monoisotopic (exact) mass is 360 g/mol. The number of amides is 1. The molecule has 0 spiro atoms. The average Bonchev–Trinajstić information content (AvgIpc) is 3.01. The summed E-state index contributed by atoms with van der Waals surface area (Å²) in [5.74, 6) is -0.151. The van der Waals surface area contributed by atoms with Crippen LogP contribution in [0.1, 0.15) is 17.3 Å². The van der Waals surface area contributed by atoms with Crippen LogP contribution in [0, 0.1) is 5.92 Å². The molecule has 0 saturated heterocycles. The third kappa shape index (κ3) is 5.17. The van der Waals surface area contributed by atoms with Crippen LogP contribution in [0.5, 0.6) is 5.75 Å². The Morgan fingerprint density at radius 2 is 2.21 bits per heavy atom. The van der Waals surface area contributed by atoms with Gasteiger partial charge in [-0.25, -0.2) is 0 Å². The first-order chi connectivity index (χ1) is 11.0. The Kier molecular flexibility index (Phi) is 7.60. The van der Waals surface area contributed by atoms with Crippen LogP contribution in [0.15, 0.2) is 30.5 Å². The molecule has 1 atom stereocenters. The number of halogens is 3. The molecule has 1 amide bonds. The topological polar surface area (TPSA) is 93.0 Å². The van der Waals surface area contributed by atoms with E-state index in [1.807, 2.05) is 6.92 Å². The van der Waals surface area contributed by atoms with Gasteiger partial charge in [-0.1, -0.05) is 19.1 Å². The highest BCUT2D eigenvalue weighted by molar-refractivity contribution is 5.99. The molecule has 2 aromatic rings. The van der Waals surface area contributed by atoms with Crippen LogP contribution in [0.2, 0.25) is 0 Å². The maximum atomic E-state index is 12.3. The predicted octanol–water partition coefficient (Wildman–Crippen LogP) is 2.42. The SMILES string of the molecule is CC(CN)CNC(=O)c1cn[nH]c1-c1cccc(OC(F)F)c1.Cl. The second-order valence-electron chi connectivity index (χ2n) is 5.12. The Balaban J connectivity index is 0.00000288. The number of aromatic amines is 1. The summed E-state index contributed by atoms with van der Waals surface area (Å²) in [4.78, 5) is 12.2. The van der Waals surface area contributed by atoms with Crippen molar-refractivity contribution >= 4 is 18.3 Å². The Hall–Kier alpha value is -2.19. The maximum Gasteiger partial charge on any atom is 0.387 e. The summed E-state index contributed by atoms with van der Waals surface area (Å²) in [7, 11) is 0. The van der Waals surface area contributed by atoms with Gasteiger partial charge in [0.25, 0.3) is 5.91 Å². The number of nitrogens with one attached hydrogen (secondary N) is 2. The van der Waals surface area contributed by atoms with Crippen molar-refractivity contribution in [1.82, 2.24) is 15.5 Å². The Morgan fingerprint density at radius 1 is 1.46 bits per heavy atom. The first kappa shape index (κ1) is 19.9. The molecule has 0 saturated carbocycles. The fourth-order valence-corrected chi connectivity index (χ4v) is 1.95. The highest BCUT2D eigenvalue weighted by Gasteiger charge is 2.16. The molecular formula is C15H19ClF2N4O2. The highest BCUT2D eigenvalue weighted by Crippen LogP contribution is 2.25.